The Labute approximate surface area is 188 Å². The average Bonchev–Trinajstić information content (AvgIpc) is 3.20. The summed E-state index contributed by atoms with van der Waals surface area (Å²) in [6.07, 6.45) is 1.93. The molecular formula is C23H32N4O3S. The zero-order chi connectivity index (χ0) is 22.3. The van der Waals surface area contributed by atoms with Crippen molar-refractivity contribution in [2.75, 3.05) is 33.4 Å². The molecule has 0 amide bonds. The summed E-state index contributed by atoms with van der Waals surface area (Å²) < 4.78 is 10.8. The highest BCUT2D eigenvalue weighted by molar-refractivity contribution is 7.13. The van der Waals surface area contributed by atoms with Crippen LogP contribution in [-0.4, -0.2) is 50.3 Å². The molecule has 31 heavy (non-hydrogen) atoms. The van der Waals surface area contributed by atoms with Gasteiger partial charge in [-0.1, -0.05) is 30.3 Å². The van der Waals surface area contributed by atoms with Crippen LogP contribution in [0.15, 0.2) is 35.3 Å². The monoisotopic (exact) mass is 444 g/mol. The number of hydrogen-bond acceptors (Lipinski definition) is 6. The summed E-state index contributed by atoms with van der Waals surface area (Å²) in [5.41, 5.74) is 2.03. The van der Waals surface area contributed by atoms with Crippen molar-refractivity contribution in [1.82, 2.24) is 15.6 Å². The number of aryl methyl sites for hydroxylation is 1. The minimum Gasteiger partial charge on any atom is -0.462 e. The lowest BCUT2D eigenvalue weighted by Crippen LogP contribution is -2.48. The number of nitrogens with one attached hydrogen (secondary N) is 2. The molecule has 1 aliphatic heterocycles. The summed E-state index contributed by atoms with van der Waals surface area (Å²) in [6, 6.07) is 10.5. The molecule has 0 saturated carbocycles. The Hall–Kier alpha value is -2.45. The maximum atomic E-state index is 12.1. The first-order valence-electron chi connectivity index (χ1n) is 10.7. The number of thiazole rings is 1. The Morgan fingerprint density at radius 2 is 2.03 bits per heavy atom. The van der Waals surface area contributed by atoms with Crippen LogP contribution >= 0.6 is 11.3 Å². The van der Waals surface area contributed by atoms with Crippen LogP contribution in [0.5, 0.6) is 0 Å². The molecule has 8 heteroatoms. The summed E-state index contributed by atoms with van der Waals surface area (Å²) >= 11 is 1.36. The van der Waals surface area contributed by atoms with Gasteiger partial charge in [-0.15, -0.1) is 11.3 Å². The van der Waals surface area contributed by atoms with Gasteiger partial charge in [0.1, 0.15) is 9.88 Å². The Kier molecular flexibility index (Phi) is 8.03. The predicted molar refractivity (Wildman–Crippen MR) is 124 cm³/mol. The van der Waals surface area contributed by atoms with Gasteiger partial charge in [0.15, 0.2) is 5.96 Å². The number of esters is 1. The van der Waals surface area contributed by atoms with Gasteiger partial charge in [-0.3, -0.25) is 4.99 Å². The van der Waals surface area contributed by atoms with Crippen LogP contribution in [-0.2, 0) is 14.9 Å². The van der Waals surface area contributed by atoms with Gasteiger partial charge < -0.3 is 20.1 Å². The summed E-state index contributed by atoms with van der Waals surface area (Å²) in [4.78, 5) is 21.6. The Morgan fingerprint density at radius 3 is 2.68 bits per heavy atom. The number of nitrogens with zero attached hydrogens (tertiary/aromatic N) is 2. The maximum Gasteiger partial charge on any atom is 0.350 e. The third-order valence-electron chi connectivity index (χ3n) is 5.65. The maximum absolute atomic E-state index is 12.1. The Morgan fingerprint density at radius 1 is 1.32 bits per heavy atom. The highest BCUT2D eigenvalue weighted by Gasteiger charge is 2.34. The van der Waals surface area contributed by atoms with Gasteiger partial charge in [0.05, 0.1) is 18.3 Å². The topological polar surface area (TPSA) is 84.8 Å². The molecule has 2 aromatic rings. The number of carbonyl (C=O) groups excluding carboxylic acids is 1. The predicted octanol–water partition coefficient (Wildman–Crippen LogP) is 3.60. The van der Waals surface area contributed by atoms with E-state index < -0.39 is 0 Å². The van der Waals surface area contributed by atoms with Gasteiger partial charge >= 0.3 is 5.97 Å². The number of hydrogen-bond donors (Lipinski definition) is 2. The van der Waals surface area contributed by atoms with E-state index in [9.17, 15) is 4.79 Å². The van der Waals surface area contributed by atoms with Crippen LogP contribution in [0.1, 0.15) is 58.7 Å². The standard InChI is InChI=1S/C23H32N4O3S/c1-5-30-21(28)19-16(2)26-20(31-19)17(3)27-22(24-4)25-15-23(11-13-29-14-12-23)18-9-7-6-8-10-18/h6-10,17H,5,11-15H2,1-4H3,(H2,24,25,27). The molecule has 7 nitrogen and oxygen atoms in total. The van der Waals surface area contributed by atoms with Crippen molar-refractivity contribution in [1.29, 1.82) is 0 Å². The van der Waals surface area contributed by atoms with E-state index in [0.29, 0.717) is 23.1 Å². The highest BCUT2D eigenvalue weighted by atomic mass is 32.1. The molecule has 0 radical (unpaired) electrons. The minimum atomic E-state index is -0.317. The van der Waals surface area contributed by atoms with Crippen molar-refractivity contribution < 1.29 is 14.3 Å². The van der Waals surface area contributed by atoms with Crippen molar-refractivity contribution in [3.8, 4) is 0 Å². The molecular weight excluding hydrogens is 412 g/mol. The van der Waals surface area contributed by atoms with E-state index in [4.69, 9.17) is 9.47 Å². The van der Waals surface area contributed by atoms with Crippen molar-refractivity contribution in [3.05, 3.63) is 51.5 Å². The number of aromatic nitrogens is 1. The molecule has 1 aromatic carbocycles. The second-order valence-corrected chi connectivity index (χ2v) is 8.77. The third-order valence-corrected chi connectivity index (χ3v) is 6.97. The molecule has 1 aromatic heterocycles. The van der Waals surface area contributed by atoms with Crippen molar-refractivity contribution in [2.45, 2.75) is 45.1 Å². The van der Waals surface area contributed by atoms with Crippen LogP contribution in [0.2, 0.25) is 0 Å². The zero-order valence-corrected chi connectivity index (χ0v) is 19.6. The minimum absolute atomic E-state index is 0.00915. The van der Waals surface area contributed by atoms with E-state index in [1.165, 1.54) is 16.9 Å². The first kappa shape index (κ1) is 23.2. The zero-order valence-electron chi connectivity index (χ0n) is 18.7. The fourth-order valence-corrected chi connectivity index (χ4v) is 4.79. The van der Waals surface area contributed by atoms with Crippen LogP contribution in [0.3, 0.4) is 0 Å². The second-order valence-electron chi connectivity index (χ2n) is 7.74. The Balaban J connectivity index is 1.67. The first-order chi connectivity index (χ1) is 15.0. The molecule has 2 heterocycles. The second kappa shape index (κ2) is 10.7. The first-order valence-corrected chi connectivity index (χ1v) is 11.6. The van der Waals surface area contributed by atoms with Crippen molar-refractivity contribution in [2.24, 2.45) is 4.99 Å². The normalized spacial score (nSPS) is 17.1. The molecule has 1 aliphatic rings. The largest absolute Gasteiger partial charge is 0.462 e. The van der Waals surface area contributed by atoms with Crippen molar-refractivity contribution >= 4 is 23.3 Å². The lowest BCUT2D eigenvalue weighted by Gasteiger charge is -2.38. The fraction of sp³-hybridized carbons (Fsp3) is 0.522. The fourth-order valence-electron chi connectivity index (χ4n) is 3.82. The van der Waals surface area contributed by atoms with E-state index in [1.807, 2.05) is 19.9 Å². The molecule has 1 atom stereocenters. The lowest BCUT2D eigenvalue weighted by molar-refractivity contribution is 0.0513. The van der Waals surface area contributed by atoms with Gasteiger partial charge in [0, 0.05) is 32.2 Å². The molecule has 0 spiro atoms. The van der Waals surface area contributed by atoms with Crippen LogP contribution in [0, 0.1) is 6.92 Å². The van der Waals surface area contributed by atoms with E-state index in [1.54, 1.807) is 14.0 Å². The Bertz CT molecular complexity index is 891. The van der Waals surface area contributed by atoms with Gasteiger partial charge in [0.2, 0.25) is 0 Å². The number of aliphatic imine (C=N–C) groups is 1. The molecule has 168 valence electrons. The smallest absolute Gasteiger partial charge is 0.350 e. The molecule has 1 fully saturated rings. The molecule has 1 saturated heterocycles. The molecule has 0 aliphatic carbocycles. The van der Waals surface area contributed by atoms with Crippen LogP contribution in [0.25, 0.3) is 0 Å². The number of benzene rings is 1. The van der Waals surface area contributed by atoms with E-state index >= 15 is 0 Å². The summed E-state index contributed by atoms with van der Waals surface area (Å²) in [5.74, 6) is 0.391. The van der Waals surface area contributed by atoms with Gasteiger partial charge in [-0.2, -0.15) is 0 Å². The quantitative estimate of drug-likeness (QED) is 0.386. The summed E-state index contributed by atoms with van der Waals surface area (Å²) in [5, 5.41) is 7.74. The molecule has 0 bridgehead atoms. The van der Waals surface area contributed by atoms with Gasteiger partial charge in [-0.05, 0) is 39.2 Å². The van der Waals surface area contributed by atoms with Crippen LogP contribution < -0.4 is 10.6 Å². The van der Waals surface area contributed by atoms with Gasteiger partial charge in [0.25, 0.3) is 0 Å². The lowest BCUT2D eigenvalue weighted by atomic mass is 9.74. The third kappa shape index (κ3) is 5.62. The summed E-state index contributed by atoms with van der Waals surface area (Å²) in [7, 11) is 1.76. The number of ether oxygens (including phenoxy) is 2. The van der Waals surface area contributed by atoms with E-state index in [0.717, 1.165) is 37.6 Å². The molecule has 3 rings (SSSR count). The summed E-state index contributed by atoms with van der Waals surface area (Å²) in [6.45, 7) is 8.28. The molecule has 2 N–H and O–H groups in total. The molecule has 1 unspecified atom stereocenters. The van der Waals surface area contributed by atoms with E-state index in [2.05, 4.69) is 44.9 Å². The number of carbonyl (C=O) groups is 1. The van der Waals surface area contributed by atoms with Crippen LogP contribution in [0.4, 0.5) is 0 Å². The van der Waals surface area contributed by atoms with E-state index in [-0.39, 0.29) is 17.4 Å². The highest BCUT2D eigenvalue weighted by Crippen LogP contribution is 2.34. The van der Waals surface area contributed by atoms with Gasteiger partial charge in [-0.25, -0.2) is 9.78 Å². The number of guanidine groups is 1. The average molecular weight is 445 g/mol. The van der Waals surface area contributed by atoms with Crippen molar-refractivity contribution in [3.63, 3.8) is 0 Å². The number of rotatable bonds is 7. The SMILES string of the molecule is CCOC(=O)c1sc(C(C)NC(=NC)NCC2(c3ccccc3)CCOCC2)nc1C.